The average molecular weight is 318 g/mol. The Morgan fingerprint density at radius 3 is 1.43 bits per heavy atom. The van der Waals surface area contributed by atoms with Gasteiger partial charge in [-0.1, -0.05) is 60.7 Å². The SMILES string of the molecule is OCC(O)C(O)C(O)C(O)C(c1ccccc1)c1ccccc1. The van der Waals surface area contributed by atoms with Crippen LogP contribution in [0.2, 0.25) is 0 Å². The highest BCUT2D eigenvalue weighted by Crippen LogP contribution is 2.30. The maximum Gasteiger partial charge on any atom is 0.111 e. The third-order valence-corrected chi connectivity index (χ3v) is 3.94. The molecule has 0 bridgehead atoms. The molecule has 4 unspecified atom stereocenters. The first-order chi connectivity index (χ1) is 11.1. The molecule has 0 aliphatic rings. The highest BCUT2D eigenvalue weighted by Gasteiger charge is 2.36. The van der Waals surface area contributed by atoms with Crippen molar-refractivity contribution in [3.8, 4) is 0 Å². The Morgan fingerprint density at radius 2 is 1.04 bits per heavy atom. The summed E-state index contributed by atoms with van der Waals surface area (Å²) >= 11 is 0. The van der Waals surface area contributed by atoms with E-state index >= 15 is 0 Å². The van der Waals surface area contributed by atoms with E-state index < -0.39 is 36.9 Å². The zero-order valence-electron chi connectivity index (χ0n) is 12.6. The van der Waals surface area contributed by atoms with Gasteiger partial charge in [-0.25, -0.2) is 0 Å². The van der Waals surface area contributed by atoms with Crippen LogP contribution in [-0.2, 0) is 0 Å². The van der Waals surface area contributed by atoms with E-state index in [1.165, 1.54) is 0 Å². The Bertz CT molecular complexity index is 535. The molecule has 0 aromatic heterocycles. The molecule has 0 saturated carbocycles. The van der Waals surface area contributed by atoms with Crippen LogP contribution in [0.5, 0.6) is 0 Å². The third-order valence-electron chi connectivity index (χ3n) is 3.94. The van der Waals surface area contributed by atoms with Gasteiger partial charge in [0.2, 0.25) is 0 Å². The van der Waals surface area contributed by atoms with Crippen molar-refractivity contribution < 1.29 is 25.5 Å². The fraction of sp³-hybridized carbons (Fsp3) is 0.333. The predicted octanol–water partition coefficient (Wildman–Crippen LogP) is 0.254. The second kappa shape index (κ2) is 8.19. The fourth-order valence-corrected chi connectivity index (χ4v) is 2.64. The van der Waals surface area contributed by atoms with Crippen LogP contribution in [0, 0.1) is 0 Å². The van der Waals surface area contributed by atoms with Gasteiger partial charge in [-0.3, -0.25) is 0 Å². The standard InChI is InChI=1S/C18H22O5/c19-11-14(20)16(21)18(23)17(22)15(12-7-3-1-4-8-12)13-9-5-2-6-10-13/h1-10,14-23H,11H2. The highest BCUT2D eigenvalue weighted by molar-refractivity contribution is 5.34. The molecule has 2 aromatic carbocycles. The Morgan fingerprint density at radius 1 is 0.609 bits per heavy atom. The van der Waals surface area contributed by atoms with Crippen LogP contribution < -0.4 is 0 Å². The summed E-state index contributed by atoms with van der Waals surface area (Å²) in [5.41, 5.74) is 1.55. The lowest BCUT2D eigenvalue weighted by Crippen LogP contribution is -2.48. The molecule has 2 aromatic rings. The van der Waals surface area contributed by atoms with E-state index in [-0.39, 0.29) is 0 Å². The normalized spacial score (nSPS) is 16.8. The molecule has 5 nitrogen and oxygen atoms in total. The fourth-order valence-electron chi connectivity index (χ4n) is 2.64. The maximum atomic E-state index is 10.6. The number of benzene rings is 2. The van der Waals surface area contributed by atoms with Crippen molar-refractivity contribution >= 4 is 0 Å². The molecular weight excluding hydrogens is 296 g/mol. The van der Waals surface area contributed by atoms with Crippen molar-refractivity contribution in [1.82, 2.24) is 0 Å². The molecule has 5 N–H and O–H groups in total. The first-order valence-electron chi connectivity index (χ1n) is 7.49. The van der Waals surface area contributed by atoms with Crippen molar-refractivity contribution in [2.45, 2.75) is 30.3 Å². The zero-order chi connectivity index (χ0) is 16.8. The quantitative estimate of drug-likeness (QED) is 0.504. The van der Waals surface area contributed by atoms with Crippen LogP contribution in [0.15, 0.2) is 60.7 Å². The lowest BCUT2D eigenvalue weighted by molar-refractivity contribution is -0.117. The minimum Gasteiger partial charge on any atom is -0.394 e. The summed E-state index contributed by atoms with van der Waals surface area (Å²) in [6.45, 7) is -0.702. The predicted molar refractivity (Wildman–Crippen MR) is 85.8 cm³/mol. The molecule has 0 fully saturated rings. The molecule has 0 aliphatic carbocycles. The molecule has 0 radical (unpaired) electrons. The van der Waals surface area contributed by atoms with Gasteiger partial charge in [0.15, 0.2) is 0 Å². The second-order valence-electron chi connectivity index (χ2n) is 5.52. The van der Waals surface area contributed by atoms with Crippen molar-refractivity contribution in [2.24, 2.45) is 0 Å². The van der Waals surface area contributed by atoms with E-state index in [0.717, 1.165) is 11.1 Å². The monoisotopic (exact) mass is 318 g/mol. The van der Waals surface area contributed by atoms with Crippen LogP contribution in [0.3, 0.4) is 0 Å². The van der Waals surface area contributed by atoms with E-state index in [0.29, 0.717) is 0 Å². The Kier molecular flexibility index (Phi) is 6.27. The lowest BCUT2D eigenvalue weighted by atomic mass is 9.82. The van der Waals surface area contributed by atoms with E-state index in [1.54, 1.807) is 0 Å². The number of hydrogen-bond donors (Lipinski definition) is 5. The van der Waals surface area contributed by atoms with E-state index in [2.05, 4.69) is 0 Å². The van der Waals surface area contributed by atoms with Gasteiger partial charge >= 0.3 is 0 Å². The largest absolute Gasteiger partial charge is 0.394 e. The average Bonchev–Trinajstić information content (AvgIpc) is 2.61. The number of rotatable bonds is 7. The molecule has 0 saturated heterocycles. The first-order valence-corrected chi connectivity index (χ1v) is 7.49. The van der Waals surface area contributed by atoms with Gasteiger partial charge in [-0.15, -0.1) is 0 Å². The van der Waals surface area contributed by atoms with Crippen LogP contribution >= 0.6 is 0 Å². The Balaban J connectivity index is 2.34. The molecular formula is C18H22O5. The van der Waals surface area contributed by atoms with Crippen LogP contribution in [0.4, 0.5) is 0 Å². The summed E-state index contributed by atoms with van der Waals surface area (Å²) in [5, 5.41) is 49.1. The van der Waals surface area contributed by atoms with Gasteiger partial charge in [-0.2, -0.15) is 0 Å². The second-order valence-corrected chi connectivity index (χ2v) is 5.52. The van der Waals surface area contributed by atoms with Crippen molar-refractivity contribution in [1.29, 1.82) is 0 Å². The van der Waals surface area contributed by atoms with Crippen LogP contribution in [-0.4, -0.2) is 56.6 Å². The zero-order valence-corrected chi connectivity index (χ0v) is 12.6. The van der Waals surface area contributed by atoms with Gasteiger partial charge in [0.25, 0.3) is 0 Å². The minimum absolute atomic E-state index is 0.576. The van der Waals surface area contributed by atoms with Crippen molar-refractivity contribution in [3.63, 3.8) is 0 Å². The van der Waals surface area contributed by atoms with E-state index in [9.17, 15) is 20.4 Å². The van der Waals surface area contributed by atoms with Gasteiger partial charge in [0.05, 0.1) is 12.7 Å². The molecule has 0 aliphatic heterocycles. The van der Waals surface area contributed by atoms with Crippen molar-refractivity contribution in [2.75, 3.05) is 6.61 Å². The highest BCUT2D eigenvalue weighted by atomic mass is 16.4. The Labute approximate surface area is 135 Å². The minimum atomic E-state index is -1.65. The van der Waals surface area contributed by atoms with Gasteiger partial charge in [0, 0.05) is 5.92 Å². The molecule has 2 rings (SSSR count). The number of hydrogen-bond acceptors (Lipinski definition) is 5. The lowest BCUT2D eigenvalue weighted by Gasteiger charge is -2.31. The molecule has 0 heterocycles. The molecule has 0 amide bonds. The smallest absolute Gasteiger partial charge is 0.111 e. The summed E-state index contributed by atoms with van der Waals surface area (Å²) in [4.78, 5) is 0. The van der Waals surface area contributed by atoms with Gasteiger partial charge in [0.1, 0.15) is 18.3 Å². The van der Waals surface area contributed by atoms with Crippen molar-refractivity contribution in [3.05, 3.63) is 71.8 Å². The summed E-state index contributed by atoms with van der Waals surface area (Å²) in [7, 11) is 0. The van der Waals surface area contributed by atoms with Gasteiger partial charge < -0.3 is 25.5 Å². The summed E-state index contributed by atoms with van der Waals surface area (Å²) in [6.07, 6.45) is -6.13. The molecule has 23 heavy (non-hydrogen) atoms. The van der Waals surface area contributed by atoms with E-state index in [4.69, 9.17) is 5.11 Å². The maximum absolute atomic E-state index is 10.6. The number of aliphatic hydroxyl groups excluding tert-OH is 5. The molecule has 0 spiro atoms. The summed E-state index contributed by atoms with van der Waals surface area (Å²) < 4.78 is 0. The van der Waals surface area contributed by atoms with E-state index in [1.807, 2.05) is 60.7 Å². The third kappa shape index (κ3) is 4.16. The summed E-state index contributed by atoms with van der Waals surface area (Å²) in [5.74, 6) is -0.576. The van der Waals surface area contributed by atoms with Crippen LogP contribution in [0.1, 0.15) is 17.0 Å². The summed E-state index contributed by atoms with van der Waals surface area (Å²) in [6, 6.07) is 18.3. The number of aliphatic hydroxyl groups is 5. The van der Waals surface area contributed by atoms with Gasteiger partial charge in [-0.05, 0) is 11.1 Å². The topological polar surface area (TPSA) is 101 Å². The molecule has 124 valence electrons. The Hall–Kier alpha value is -1.76. The van der Waals surface area contributed by atoms with Crippen LogP contribution in [0.25, 0.3) is 0 Å². The first kappa shape index (κ1) is 17.6. The molecule has 5 heteroatoms. The molecule has 4 atom stereocenters.